The predicted molar refractivity (Wildman–Crippen MR) is 67.4 cm³/mol. The molecule has 0 saturated heterocycles. The van der Waals surface area contributed by atoms with Gasteiger partial charge in [-0.05, 0) is 6.07 Å². The summed E-state index contributed by atoms with van der Waals surface area (Å²) in [6, 6.07) is 7.51. The molecule has 0 aliphatic rings. The number of halogens is 2. The van der Waals surface area contributed by atoms with Crippen molar-refractivity contribution in [1.82, 2.24) is 9.97 Å². The monoisotopic (exact) mass is 268 g/mol. The van der Waals surface area contributed by atoms with Crippen LogP contribution in [0.5, 0.6) is 5.88 Å². The Morgan fingerprint density at radius 1 is 1.12 bits per heavy atom. The lowest BCUT2D eigenvalue weighted by Gasteiger charge is -2.06. The molecule has 0 saturated carbocycles. The molecular weight excluding hydrogens is 259 g/mol. The van der Waals surface area contributed by atoms with E-state index in [9.17, 15) is 0 Å². The van der Waals surface area contributed by atoms with Gasteiger partial charge in [0.1, 0.15) is 6.61 Å². The zero-order valence-electron chi connectivity index (χ0n) is 8.94. The highest BCUT2D eigenvalue weighted by Crippen LogP contribution is 2.17. The number of rotatable bonds is 4. The summed E-state index contributed by atoms with van der Waals surface area (Å²) in [5.41, 5.74) is 1.63. The van der Waals surface area contributed by atoms with Crippen molar-refractivity contribution in [2.24, 2.45) is 0 Å². The summed E-state index contributed by atoms with van der Waals surface area (Å²) in [6.07, 6.45) is 3.14. The van der Waals surface area contributed by atoms with E-state index in [-0.39, 0.29) is 0 Å². The quantitative estimate of drug-likeness (QED) is 0.797. The highest BCUT2D eigenvalue weighted by molar-refractivity contribution is 6.31. The van der Waals surface area contributed by atoms with Crippen LogP contribution in [0, 0.1) is 0 Å². The van der Waals surface area contributed by atoms with Crippen LogP contribution in [0.2, 0.25) is 5.02 Å². The van der Waals surface area contributed by atoms with Crippen LogP contribution in [-0.4, -0.2) is 9.97 Å². The molecule has 1 aromatic heterocycles. The zero-order valence-corrected chi connectivity index (χ0v) is 10.4. The molecule has 1 heterocycles. The van der Waals surface area contributed by atoms with Crippen molar-refractivity contribution in [2.75, 3.05) is 0 Å². The van der Waals surface area contributed by atoms with Crippen molar-refractivity contribution in [2.45, 2.75) is 12.5 Å². The number of alkyl halides is 1. The first-order chi connectivity index (χ1) is 8.29. The van der Waals surface area contributed by atoms with E-state index in [1.54, 1.807) is 12.4 Å². The van der Waals surface area contributed by atoms with E-state index in [0.717, 1.165) is 11.3 Å². The Morgan fingerprint density at radius 3 is 2.59 bits per heavy atom. The van der Waals surface area contributed by atoms with Gasteiger partial charge in [0.2, 0.25) is 5.88 Å². The van der Waals surface area contributed by atoms with Crippen molar-refractivity contribution in [1.29, 1.82) is 0 Å². The molecule has 0 amide bonds. The van der Waals surface area contributed by atoms with E-state index in [0.29, 0.717) is 23.4 Å². The van der Waals surface area contributed by atoms with Gasteiger partial charge >= 0.3 is 0 Å². The first-order valence-electron chi connectivity index (χ1n) is 5.02. The van der Waals surface area contributed by atoms with Gasteiger partial charge in [-0.3, -0.25) is 4.98 Å². The van der Waals surface area contributed by atoms with Crippen LogP contribution < -0.4 is 4.74 Å². The molecule has 1 aromatic carbocycles. The van der Waals surface area contributed by atoms with Gasteiger partial charge in [0.25, 0.3) is 0 Å². The Morgan fingerprint density at radius 2 is 1.94 bits per heavy atom. The van der Waals surface area contributed by atoms with Gasteiger partial charge in [-0.15, -0.1) is 11.6 Å². The van der Waals surface area contributed by atoms with Gasteiger partial charge in [0.05, 0.1) is 24.0 Å². The number of hydrogen-bond acceptors (Lipinski definition) is 3. The molecule has 0 N–H and O–H groups in total. The van der Waals surface area contributed by atoms with Crippen LogP contribution in [0.4, 0.5) is 0 Å². The van der Waals surface area contributed by atoms with Gasteiger partial charge in [-0.1, -0.05) is 29.8 Å². The summed E-state index contributed by atoms with van der Waals surface area (Å²) in [5.74, 6) is 0.802. The maximum atomic E-state index is 6.00. The molecule has 0 aliphatic heterocycles. The van der Waals surface area contributed by atoms with E-state index < -0.39 is 0 Å². The van der Waals surface area contributed by atoms with Crippen LogP contribution in [0.1, 0.15) is 11.3 Å². The largest absolute Gasteiger partial charge is 0.472 e. The van der Waals surface area contributed by atoms with Crippen LogP contribution in [0.15, 0.2) is 36.7 Å². The molecule has 0 unspecified atom stereocenters. The van der Waals surface area contributed by atoms with Crippen molar-refractivity contribution in [3.05, 3.63) is 52.9 Å². The highest BCUT2D eigenvalue weighted by Gasteiger charge is 2.01. The van der Waals surface area contributed by atoms with Crippen molar-refractivity contribution >= 4 is 23.2 Å². The fraction of sp³-hybridized carbons (Fsp3) is 0.167. The van der Waals surface area contributed by atoms with E-state index in [4.69, 9.17) is 27.9 Å². The highest BCUT2D eigenvalue weighted by atomic mass is 35.5. The third-order valence-corrected chi connectivity index (χ3v) is 2.79. The molecule has 5 heteroatoms. The molecule has 0 radical (unpaired) electrons. The smallest absolute Gasteiger partial charge is 0.232 e. The van der Waals surface area contributed by atoms with Crippen molar-refractivity contribution < 1.29 is 4.74 Å². The number of benzene rings is 1. The summed E-state index contributed by atoms with van der Waals surface area (Å²) in [7, 11) is 0. The van der Waals surface area contributed by atoms with Crippen LogP contribution in [0.3, 0.4) is 0 Å². The second kappa shape index (κ2) is 5.84. The molecule has 0 fully saturated rings. The van der Waals surface area contributed by atoms with Crippen LogP contribution in [-0.2, 0) is 12.5 Å². The van der Waals surface area contributed by atoms with Crippen molar-refractivity contribution in [3.63, 3.8) is 0 Å². The third-order valence-electron chi connectivity index (χ3n) is 2.15. The van der Waals surface area contributed by atoms with Gasteiger partial charge in [0, 0.05) is 10.6 Å². The van der Waals surface area contributed by atoms with E-state index in [1.807, 2.05) is 24.3 Å². The van der Waals surface area contributed by atoms with Crippen LogP contribution >= 0.6 is 23.2 Å². The van der Waals surface area contributed by atoms with Crippen LogP contribution in [0.25, 0.3) is 0 Å². The van der Waals surface area contributed by atoms with Gasteiger partial charge in [-0.2, -0.15) is 0 Å². The minimum atomic E-state index is 0.345. The topological polar surface area (TPSA) is 35.0 Å². The Balaban J connectivity index is 2.00. The average Bonchev–Trinajstić information content (AvgIpc) is 2.38. The maximum absolute atomic E-state index is 6.00. The molecule has 17 heavy (non-hydrogen) atoms. The molecule has 3 nitrogen and oxygen atoms in total. The standard InChI is InChI=1S/C12H10Cl2N2O/c13-5-10-6-16-12(7-15-10)17-8-9-3-1-2-4-11(9)14/h1-4,6-7H,5,8H2. The Labute approximate surface area is 109 Å². The fourth-order valence-corrected chi connectivity index (χ4v) is 1.58. The SMILES string of the molecule is ClCc1cnc(OCc2ccccc2Cl)cn1. The summed E-state index contributed by atoms with van der Waals surface area (Å²) in [6.45, 7) is 0.370. The zero-order chi connectivity index (χ0) is 12.1. The van der Waals surface area contributed by atoms with E-state index >= 15 is 0 Å². The number of aromatic nitrogens is 2. The summed E-state index contributed by atoms with van der Waals surface area (Å²) in [4.78, 5) is 8.16. The van der Waals surface area contributed by atoms with E-state index in [2.05, 4.69) is 9.97 Å². The first-order valence-corrected chi connectivity index (χ1v) is 5.94. The normalized spacial score (nSPS) is 10.2. The fourth-order valence-electron chi connectivity index (χ4n) is 1.25. The molecular formula is C12H10Cl2N2O. The first kappa shape index (κ1) is 12.1. The summed E-state index contributed by atoms with van der Waals surface area (Å²) >= 11 is 11.6. The Bertz CT molecular complexity index is 488. The second-order valence-corrected chi connectivity index (χ2v) is 4.03. The second-order valence-electron chi connectivity index (χ2n) is 3.36. The Hall–Kier alpha value is -1.32. The number of nitrogens with zero attached hydrogens (tertiary/aromatic N) is 2. The lowest BCUT2D eigenvalue weighted by atomic mass is 10.2. The third kappa shape index (κ3) is 3.32. The summed E-state index contributed by atoms with van der Waals surface area (Å²) < 4.78 is 5.47. The maximum Gasteiger partial charge on any atom is 0.232 e. The minimum Gasteiger partial charge on any atom is -0.472 e. The minimum absolute atomic E-state index is 0.345. The molecule has 2 aromatic rings. The Kier molecular flexibility index (Phi) is 4.18. The number of ether oxygens (including phenoxy) is 1. The lowest BCUT2D eigenvalue weighted by Crippen LogP contribution is -1.99. The molecule has 88 valence electrons. The molecule has 2 rings (SSSR count). The number of hydrogen-bond donors (Lipinski definition) is 0. The molecule has 0 bridgehead atoms. The average molecular weight is 269 g/mol. The summed E-state index contributed by atoms with van der Waals surface area (Å²) in [5, 5.41) is 0.679. The lowest BCUT2D eigenvalue weighted by molar-refractivity contribution is 0.292. The van der Waals surface area contributed by atoms with Gasteiger partial charge in [0.15, 0.2) is 0 Å². The molecule has 0 spiro atoms. The molecule has 0 aliphatic carbocycles. The molecule has 0 atom stereocenters. The predicted octanol–water partition coefficient (Wildman–Crippen LogP) is 3.45. The van der Waals surface area contributed by atoms with Crippen molar-refractivity contribution in [3.8, 4) is 5.88 Å². The van der Waals surface area contributed by atoms with Gasteiger partial charge < -0.3 is 4.74 Å². The van der Waals surface area contributed by atoms with Gasteiger partial charge in [-0.25, -0.2) is 4.98 Å². The van der Waals surface area contributed by atoms with E-state index in [1.165, 1.54) is 0 Å².